The summed E-state index contributed by atoms with van der Waals surface area (Å²) in [7, 11) is 1.50. The highest BCUT2D eigenvalue weighted by Gasteiger charge is 2.30. The molecule has 3 aromatic carbocycles. The van der Waals surface area contributed by atoms with Gasteiger partial charge in [-0.3, -0.25) is 0 Å². The predicted octanol–water partition coefficient (Wildman–Crippen LogP) is 6.96. The lowest BCUT2D eigenvalue weighted by Gasteiger charge is -2.14. The van der Waals surface area contributed by atoms with Crippen molar-refractivity contribution < 1.29 is 17.9 Å². The number of anilines is 2. The van der Waals surface area contributed by atoms with Gasteiger partial charge in [-0.25, -0.2) is 0 Å². The van der Waals surface area contributed by atoms with Crippen molar-refractivity contribution in [1.29, 1.82) is 0 Å². The highest BCUT2D eigenvalue weighted by Crippen LogP contribution is 2.37. The van der Waals surface area contributed by atoms with Crippen molar-refractivity contribution in [2.75, 3.05) is 18.6 Å². The van der Waals surface area contributed by atoms with Gasteiger partial charge in [0.05, 0.1) is 17.7 Å². The van der Waals surface area contributed by atoms with Crippen LogP contribution in [-0.2, 0) is 6.18 Å². The monoisotopic (exact) mass is 486 g/mol. The third-order valence-electron chi connectivity index (χ3n) is 4.01. The minimum atomic E-state index is -4.34. The van der Waals surface area contributed by atoms with E-state index in [2.05, 4.69) is 15.9 Å². The Morgan fingerprint density at radius 3 is 2.00 bits per heavy atom. The van der Waals surface area contributed by atoms with Crippen molar-refractivity contribution in [1.82, 2.24) is 0 Å². The zero-order valence-electron chi connectivity index (χ0n) is 15.6. The summed E-state index contributed by atoms with van der Waals surface area (Å²) in [4.78, 5) is 0. The summed E-state index contributed by atoms with van der Waals surface area (Å²) in [5, 5.41) is 0.648. The van der Waals surface area contributed by atoms with Crippen LogP contribution >= 0.6 is 27.5 Å². The first kappa shape index (κ1) is 22.9. The fourth-order valence-electron chi connectivity index (χ4n) is 2.58. The standard InChI is InChI=1S/C15H14F3NO.C6H5BrClN/c1-9-7-10(15(16,17)18)3-5-12(9)13-6-4-11(19)8-14(13)20-2;7-5-2-1-4(9)3-6(5)8/h3-8H,19H2,1-2H3;1-3H,9H2. The summed E-state index contributed by atoms with van der Waals surface area (Å²) < 4.78 is 44.1. The topological polar surface area (TPSA) is 61.3 Å². The molecule has 3 nitrogen and oxygen atoms in total. The Balaban J connectivity index is 0.000000278. The average Bonchev–Trinajstić information content (AvgIpc) is 2.65. The first-order valence-corrected chi connectivity index (χ1v) is 9.52. The van der Waals surface area contributed by atoms with E-state index >= 15 is 0 Å². The van der Waals surface area contributed by atoms with Gasteiger partial charge in [0.2, 0.25) is 0 Å². The Labute approximate surface area is 180 Å². The second-order valence-corrected chi connectivity index (χ2v) is 7.42. The van der Waals surface area contributed by atoms with Crippen molar-refractivity contribution in [3.63, 3.8) is 0 Å². The molecule has 0 saturated carbocycles. The molecule has 0 saturated heterocycles. The summed E-state index contributed by atoms with van der Waals surface area (Å²) in [6.07, 6.45) is -4.34. The Kier molecular flexibility index (Phi) is 7.43. The predicted molar refractivity (Wildman–Crippen MR) is 116 cm³/mol. The SMILES string of the molecule is COc1cc(N)ccc1-c1ccc(C(F)(F)F)cc1C.Nc1ccc(Br)c(Cl)c1. The number of alkyl halides is 3. The molecule has 0 aliphatic carbocycles. The molecule has 0 heterocycles. The van der Waals surface area contributed by atoms with Gasteiger partial charge in [0.15, 0.2) is 0 Å². The smallest absolute Gasteiger partial charge is 0.416 e. The first-order chi connectivity index (χ1) is 13.5. The van der Waals surface area contributed by atoms with Crippen LogP contribution < -0.4 is 16.2 Å². The second-order valence-electron chi connectivity index (χ2n) is 6.16. The van der Waals surface area contributed by atoms with Crippen molar-refractivity contribution in [2.45, 2.75) is 13.1 Å². The molecule has 0 fully saturated rings. The number of nitrogen functional groups attached to an aromatic ring is 2. The lowest BCUT2D eigenvalue weighted by molar-refractivity contribution is -0.137. The molecule has 0 aliphatic rings. The Morgan fingerprint density at radius 2 is 1.48 bits per heavy atom. The number of methoxy groups -OCH3 is 1. The lowest BCUT2D eigenvalue weighted by atomic mass is 9.97. The number of nitrogens with two attached hydrogens (primary N) is 2. The van der Waals surface area contributed by atoms with Gasteiger partial charge >= 0.3 is 6.18 Å². The normalized spacial score (nSPS) is 10.9. The van der Waals surface area contributed by atoms with Gasteiger partial charge in [-0.15, -0.1) is 0 Å². The van der Waals surface area contributed by atoms with Crippen LogP contribution in [0.15, 0.2) is 59.1 Å². The summed E-state index contributed by atoms with van der Waals surface area (Å²) >= 11 is 8.93. The molecule has 0 atom stereocenters. The van der Waals surface area contributed by atoms with E-state index in [0.717, 1.165) is 16.6 Å². The van der Waals surface area contributed by atoms with Crippen molar-refractivity contribution in [3.8, 4) is 16.9 Å². The molecular formula is C21H19BrClF3N2O. The number of aryl methyl sites for hydroxylation is 1. The van der Waals surface area contributed by atoms with E-state index in [0.29, 0.717) is 38.8 Å². The third-order valence-corrected chi connectivity index (χ3v) is 5.25. The number of hydrogen-bond acceptors (Lipinski definition) is 3. The van der Waals surface area contributed by atoms with E-state index < -0.39 is 11.7 Å². The van der Waals surface area contributed by atoms with E-state index in [1.54, 1.807) is 37.3 Å². The van der Waals surface area contributed by atoms with Crippen LogP contribution in [0.5, 0.6) is 5.75 Å². The number of halogens is 5. The molecule has 29 heavy (non-hydrogen) atoms. The highest BCUT2D eigenvalue weighted by molar-refractivity contribution is 9.10. The number of rotatable bonds is 2. The maximum absolute atomic E-state index is 12.7. The van der Waals surface area contributed by atoms with Crippen LogP contribution in [0.4, 0.5) is 24.5 Å². The van der Waals surface area contributed by atoms with Crippen LogP contribution in [-0.4, -0.2) is 7.11 Å². The first-order valence-electron chi connectivity index (χ1n) is 8.35. The van der Waals surface area contributed by atoms with Crippen LogP contribution in [0, 0.1) is 6.92 Å². The van der Waals surface area contributed by atoms with Gasteiger partial charge in [-0.1, -0.05) is 17.7 Å². The van der Waals surface area contributed by atoms with Gasteiger partial charge < -0.3 is 16.2 Å². The van der Waals surface area contributed by atoms with Gasteiger partial charge in [-0.2, -0.15) is 13.2 Å². The molecule has 0 bridgehead atoms. The molecule has 8 heteroatoms. The third kappa shape index (κ3) is 6.05. The molecule has 0 radical (unpaired) electrons. The molecular weight excluding hydrogens is 469 g/mol. The van der Waals surface area contributed by atoms with Gasteiger partial charge in [-0.05, 0) is 76.4 Å². The maximum atomic E-state index is 12.7. The van der Waals surface area contributed by atoms with E-state index in [1.165, 1.54) is 13.2 Å². The fourth-order valence-corrected chi connectivity index (χ4v) is 3.02. The number of hydrogen-bond donors (Lipinski definition) is 2. The largest absolute Gasteiger partial charge is 0.496 e. The molecule has 0 aliphatic heterocycles. The number of benzene rings is 3. The molecule has 0 unspecified atom stereocenters. The van der Waals surface area contributed by atoms with Gasteiger partial charge in [0.25, 0.3) is 0 Å². The molecule has 4 N–H and O–H groups in total. The van der Waals surface area contributed by atoms with Crippen LogP contribution in [0.25, 0.3) is 11.1 Å². The highest BCUT2D eigenvalue weighted by atomic mass is 79.9. The lowest BCUT2D eigenvalue weighted by Crippen LogP contribution is -2.05. The quantitative estimate of drug-likeness (QED) is 0.384. The van der Waals surface area contributed by atoms with Crippen LogP contribution in [0.1, 0.15) is 11.1 Å². The molecule has 3 aromatic rings. The zero-order chi connectivity index (χ0) is 21.8. The van der Waals surface area contributed by atoms with E-state index in [9.17, 15) is 13.2 Å². The summed E-state index contributed by atoms with van der Waals surface area (Å²) in [5.74, 6) is 0.535. The molecule has 154 valence electrons. The zero-order valence-corrected chi connectivity index (χ0v) is 18.0. The van der Waals surface area contributed by atoms with Crippen molar-refractivity contribution in [3.05, 3.63) is 75.2 Å². The molecule has 0 spiro atoms. The van der Waals surface area contributed by atoms with Crippen molar-refractivity contribution >= 4 is 38.9 Å². The van der Waals surface area contributed by atoms with E-state index in [4.69, 9.17) is 27.8 Å². The fraction of sp³-hybridized carbons (Fsp3) is 0.143. The summed E-state index contributed by atoms with van der Waals surface area (Å²) in [6, 6.07) is 14.0. The van der Waals surface area contributed by atoms with Gasteiger partial charge in [0, 0.05) is 27.5 Å². The summed E-state index contributed by atoms with van der Waals surface area (Å²) in [6.45, 7) is 1.64. The molecule has 0 amide bonds. The maximum Gasteiger partial charge on any atom is 0.416 e. The summed E-state index contributed by atoms with van der Waals surface area (Å²) in [5.41, 5.74) is 13.6. The Morgan fingerprint density at radius 1 is 0.897 bits per heavy atom. The van der Waals surface area contributed by atoms with E-state index in [1.807, 2.05) is 6.07 Å². The second kappa shape index (κ2) is 9.41. The van der Waals surface area contributed by atoms with Crippen LogP contribution in [0.2, 0.25) is 5.02 Å². The van der Waals surface area contributed by atoms with Crippen molar-refractivity contribution in [2.24, 2.45) is 0 Å². The number of ether oxygens (including phenoxy) is 1. The average molecular weight is 488 g/mol. The van der Waals surface area contributed by atoms with E-state index in [-0.39, 0.29) is 0 Å². The Hall–Kier alpha value is -2.38. The minimum absolute atomic E-state index is 0.530. The minimum Gasteiger partial charge on any atom is -0.496 e. The Bertz CT molecular complexity index is 1010. The molecule has 3 rings (SSSR count). The van der Waals surface area contributed by atoms with Gasteiger partial charge in [0.1, 0.15) is 5.75 Å². The van der Waals surface area contributed by atoms with Crippen LogP contribution in [0.3, 0.4) is 0 Å². The molecule has 0 aromatic heterocycles.